The lowest BCUT2D eigenvalue weighted by Crippen LogP contribution is -2.37. The number of nitrogens with one attached hydrogen (secondary N) is 1. The van der Waals surface area contributed by atoms with Gasteiger partial charge >= 0.3 is 0 Å². The van der Waals surface area contributed by atoms with Crippen LogP contribution in [0.2, 0.25) is 0 Å². The summed E-state index contributed by atoms with van der Waals surface area (Å²) >= 11 is 0. The van der Waals surface area contributed by atoms with Gasteiger partial charge in [0.15, 0.2) is 0 Å². The van der Waals surface area contributed by atoms with Crippen LogP contribution in [0.3, 0.4) is 0 Å². The van der Waals surface area contributed by atoms with Crippen molar-refractivity contribution in [2.75, 3.05) is 32.9 Å². The molecule has 0 bridgehead atoms. The Balaban J connectivity index is 2.22. The molecule has 1 fully saturated rings. The Morgan fingerprint density at radius 2 is 2.31 bits per heavy atom. The first kappa shape index (κ1) is 13.9. The smallest absolute Gasteiger partial charge is 0.0536 e. The van der Waals surface area contributed by atoms with E-state index in [0.717, 1.165) is 45.1 Å². The van der Waals surface area contributed by atoms with E-state index in [4.69, 9.17) is 9.84 Å². The summed E-state index contributed by atoms with van der Waals surface area (Å²) in [7, 11) is 0. The van der Waals surface area contributed by atoms with Crippen molar-refractivity contribution >= 4 is 0 Å². The molecule has 0 spiro atoms. The van der Waals surface area contributed by atoms with Crippen LogP contribution in [0.4, 0.5) is 0 Å². The Bertz CT molecular complexity index is 179. The molecular weight excluding hydrogens is 202 g/mol. The number of aliphatic hydroxyl groups is 1. The molecule has 16 heavy (non-hydrogen) atoms. The number of aliphatic hydroxyl groups excluding tert-OH is 1. The van der Waals surface area contributed by atoms with E-state index in [2.05, 4.69) is 19.2 Å². The zero-order valence-electron chi connectivity index (χ0n) is 10.8. The standard InChI is InChI=1S/C13H27NO2/c1-3-4-12(2)9-14-10-13(5-7-15)6-8-16-11-13/h12,14-15H,3-11H2,1-2H3. The van der Waals surface area contributed by atoms with Gasteiger partial charge in [-0.2, -0.15) is 0 Å². The maximum Gasteiger partial charge on any atom is 0.0536 e. The molecule has 0 aromatic carbocycles. The average Bonchev–Trinajstić information content (AvgIpc) is 2.68. The second kappa shape index (κ2) is 7.25. The van der Waals surface area contributed by atoms with Crippen molar-refractivity contribution in [3.8, 4) is 0 Å². The van der Waals surface area contributed by atoms with Gasteiger partial charge in [-0.1, -0.05) is 20.3 Å². The van der Waals surface area contributed by atoms with E-state index < -0.39 is 0 Å². The van der Waals surface area contributed by atoms with Crippen molar-refractivity contribution in [1.82, 2.24) is 5.32 Å². The minimum Gasteiger partial charge on any atom is -0.396 e. The predicted molar refractivity (Wildman–Crippen MR) is 66.5 cm³/mol. The minimum atomic E-state index is 0.195. The van der Waals surface area contributed by atoms with Crippen LogP contribution in [0.15, 0.2) is 0 Å². The maximum absolute atomic E-state index is 9.10. The summed E-state index contributed by atoms with van der Waals surface area (Å²) in [5.74, 6) is 0.749. The van der Waals surface area contributed by atoms with Gasteiger partial charge in [-0.3, -0.25) is 0 Å². The zero-order valence-corrected chi connectivity index (χ0v) is 10.8. The molecule has 3 heteroatoms. The number of hydrogen-bond acceptors (Lipinski definition) is 3. The highest BCUT2D eigenvalue weighted by atomic mass is 16.5. The normalized spacial score (nSPS) is 27.2. The van der Waals surface area contributed by atoms with Crippen LogP contribution in [-0.4, -0.2) is 38.0 Å². The molecule has 0 aromatic rings. The van der Waals surface area contributed by atoms with E-state index in [1.54, 1.807) is 0 Å². The highest BCUT2D eigenvalue weighted by Crippen LogP contribution is 2.31. The minimum absolute atomic E-state index is 0.195. The molecule has 0 aromatic heterocycles. The van der Waals surface area contributed by atoms with Gasteiger partial charge in [0.25, 0.3) is 0 Å². The fourth-order valence-electron chi connectivity index (χ4n) is 2.49. The van der Waals surface area contributed by atoms with E-state index in [0.29, 0.717) is 0 Å². The molecule has 1 aliphatic rings. The Kier molecular flexibility index (Phi) is 6.32. The van der Waals surface area contributed by atoms with Crippen molar-refractivity contribution in [3.05, 3.63) is 0 Å². The van der Waals surface area contributed by atoms with Crippen LogP contribution >= 0.6 is 0 Å². The van der Waals surface area contributed by atoms with Gasteiger partial charge in [-0.05, 0) is 31.7 Å². The SMILES string of the molecule is CCCC(C)CNCC1(CCO)CCOC1. The zero-order chi connectivity index (χ0) is 11.9. The molecule has 2 N–H and O–H groups in total. The van der Waals surface area contributed by atoms with Crippen molar-refractivity contribution in [1.29, 1.82) is 0 Å². The Morgan fingerprint density at radius 1 is 1.50 bits per heavy atom. The highest BCUT2D eigenvalue weighted by molar-refractivity contribution is 4.85. The molecule has 96 valence electrons. The van der Waals surface area contributed by atoms with Crippen LogP contribution in [0.25, 0.3) is 0 Å². The van der Waals surface area contributed by atoms with E-state index in [-0.39, 0.29) is 12.0 Å². The van der Waals surface area contributed by atoms with Crippen molar-refractivity contribution in [3.63, 3.8) is 0 Å². The first-order valence-electron chi connectivity index (χ1n) is 6.62. The first-order valence-corrected chi connectivity index (χ1v) is 6.62. The number of ether oxygens (including phenoxy) is 1. The molecule has 0 amide bonds. The van der Waals surface area contributed by atoms with Gasteiger partial charge in [0.2, 0.25) is 0 Å². The van der Waals surface area contributed by atoms with Gasteiger partial charge in [0.1, 0.15) is 0 Å². The lowest BCUT2D eigenvalue weighted by Gasteiger charge is -2.27. The summed E-state index contributed by atoms with van der Waals surface area (Å²) in [5, 5.41) is 12.6. The molecule has 0 radical (unpaired) electrons. The molecule has 2 unspecified atom stereocenters. The first-order chi connectivity index (χ1) is 7.72. The third-order valence-corrected chi connectivity index (χ3v) is 3.60. The van der Waals surface area contributed by atoms with Crippen molar-refractivity contribution < 1.29 is 9.84 Å². The van der Waals surface area contributed by atoms with Crippen molar-refractivity contribution in [2.45, 2.75) is 39.5 Å². The van der Waals surface area contributed by atoms with Gasteiger partial charge < -0.3 is 15.2 Å². The highest BCUT2D eigenvalue weighted by Gasteiger charge is 2.33. The van der Waals surface area contributed by atoms with Crippen LogP contribution in [0, 0.1) is 11.3 Å². The molecule has 1 aliphatic heterocycles. The molecular formula is C13H27NO2. The van der Waals surface area contributed by atoms with E-state index in [1.165, 1.54) is 12.8 Å². The maximum atomic E-state index is 9.10. The van der Waals surface area contributed by atoms with Gasteiger partial charge in [-0.25, -0.2) is 0 Å². The second-order valence-electron chi connectivity index (χ2n) is 5.30. The summed E-state index contributed by atoms with van der Waals surface area (Å²) in [6.07, 6.45) is 4.50. The predicted octanol–water partition coefficient (Wildman–Crippen LogP) is 1.80. The van der Waals surface area contributed by atoms with E-state index in [9.17, 15) is 0 Å². The second-order valence-corrected chi connectivity index (χ2v) is 5.30. The van der Waals surface area contributed by atoms with Crippen LogP contribution in [-0.2, 0) is 4.74 Å². The van der Waals surface area contributed by atoms with Gasteiger partial charge in [-0.15, -0.1) is 0 Å². The molecule has 3 nitrogen and oxygen atoms in total. The summed E-state index contributed by atoms with van der Waals surface area (Å²) in [5.41, 5.74) is 0.195. The summed E-state index contributed by atoms with van der Waals surface area (Å²) in [6, 6.07) is 0. The molecule has 0 aliphatic carbocycles. The van der Waals surface area contributed by atoms with E-state index >= 15 is 0 Å². The molecule has 1 rings (SSSR count). The summed E-state index contributed by atoms with van der Waals surface area (Å²) < 4.78 is 5.47. The third kappa shape index (κ3) is 4.40. The monoisotopic (exact) mass is 229 g/mol. The Labute approximate surface area is 99.6 Å². The van der Waals surface area contributed by atoms with Crippen LogP contribution < -0.4 is 5.32 Å². The molecule has 0 saturated carbocycles. The largest absolute Gasteiger partial charge is 0.396 e. The van der Waals surface area contributed by atoms with Gasteiger partial charge in [0.05, 0.1) is 6.61 Å². The fraction of sp³-hybridized carbons (Fsp3) is 1.00. The fourth-order valence-corrected chi connectivity index (χ4v) is 2.49. The number of hydrogen-bond donors (Lipinski definition) is 2. The van der Waals surface area contributed by atoms with E-state index in [1.807, 2.05) is 0 Å². The van der Waals surface area contributed by atoms with Crippen LogP contribution in [0.5, 0.6) is 0 Å². The summed E-state index contributed by atoms with van der Waals surface area (Å²) in [6.45, 7) is 8.53. The van der Waals surface area contributed by atoms with Gasteiger partial charge in [0, 0.05) is 25.2 Å². The third-order valence-electron chi connectivity index (χ3n) is 3.60. The number of rotatable bonds is 8. The quantitative estimate of drug-likeness (QED) is 0.667. The van der Waals surface area contributed by atoms with Crippen molar-refractivity contribution in [2.24, 2.45) is 11.3 Å². The lowest BCUT2D eigenvalue weighted by atomic mass is 9.84. The lowest BCUT2D eigenvalue weighted by molar-refractivity contribution is 0.123. The molecule has 2 atom stereocenters. The molecule has 1 heterocycles. The average molecular weight is 229 g/mol. The topological polar surface area (TPSA) is 41.5 Å². The summed E-state index contributed by atoms with van der Waals surface area (Å²) in [4.78, 5) is 0. The van der Waals surface area contributed by atoms with Crippen LogP contribution in [0.1, 0.15) is 39.5 Å². The Morgan fingerprint density at radius 3 is 2.88 bits per heavy atom. The Hall–Kier alpha value is -0.120. The molecule has 1 saturated heterocycles.